The Hall–Kier alpha value is -1.55. The number of carbonyl (C=O) groups is 1. The van der Waals surface area contributed by atoms with Crippen LogP contribution in [0.1, 0.15) is 12.0 Å². The van der Waals surface area contributed by atoms with E-state index in [9.17, 15) is 4.79 Å². The molecule has 1 saturated heterocycles. The van der Waals surface area contributed by atoms with Crippen molar-refractivity contribution in [2.45, 2.75) is 19.1 Å². The van der Waals surface area contributed by atoms with Gasteiger partial charge in [-0.25, -0.2) is 4.79 Å². The van der Waals surface area contributed by atoms with Crippen molar-refractivity contribution in [2.75, 3.05) is 13.1 Å². The Morgan fingerprint density at radius 1 is 1.44 bits per heavy atom. The summed E-state index contributed by atoms with van der Waals surface area (Å²) < 4.78 is 5.07. The molecule has 4 heteroatoms. The first-order chi connectivity index (χ1) is 7.84. The minimum absolute atomic E-state index is 0.324. The van der Waals surface area contributed by atoms with E-state index in [1.807, 2.05) is 30.3 Å². The Balaban J connectivity index is 1.63. The zero-order valence-corrected chi connectivity index (χ0v) is 9.11. The lowest BCUT2D eigenvalue weighted by Crippen LogP contribution is -2.50. The molecule has 0 saturated carbocycles. The van der Waals surface area contributed by atoms with Gasteiger partial charge in [0, 0.05) is 12.6 Å². The van der Waals surface area contributed by atoms with E-state index in [0.717, 1.165) is 18.5 Å². The third kappa shape index (κ3) is 3.24. The summed E-state index contributed by atoms with van der Waals surface area (Å²) in [6, 6.07) is 10.1. The molecule has 2 rings (SSSR count). The lowest BCUT2D eigenvalue weighted by atomic mass is 10.1. The Morgan fingerprint density at radius 3 is 2.81 bits per heavy atom. The van der Waals surface area contributed by atoms with Crippen molar-refractivity contribution in [1.82, 2.24) is 10.6 Å². The summed E-state index contributed by atoms with van der Waals surface area (Å²) in [4.78, 5) is 11.3. The van der Waals surface area contributed by atoms with Gasteiger partial charge in [-0.15, -0.1) is 0 Å². The highest BCUT2D eigenvalue weighted by atomic mass is 16.5. The van der Waals surface area contributed by atoms with Gasteiger partial charge in [-0.1, -0.05) is 30.3 Å². The smallest absolute Gasteiger partial charge is 0.407 e. The zero-order chi connectivity index (χ0) is 11.2. The second-order valence-corrected chi connectivity index (χ2v) is 3.88. The number of nitrogens with one attached hydrogen (secondary N) is 2. The topological polar surface area (TPSA) is 50.4 Å². The molecule has 16 heavy (non-hydrogen) atoms. The SMILES string of the molecule is O=C(NCC1CCN1)OCc1ccccc1. The number of carbonyl (C=O) groups excluding carboxylic acids is 1. The van der Waals surface area contributed by atoms with Crippen LogP contribution in [-0.2, 0) is 11.3 Å². The minimum atomic E-state index is -0.349. The highest BCUT2D eigenvalue weighted by Crippen LogP contribution is 2.02. The van der Waals surface area contributed by atoms with Crippen molar-refractivity contribution in [3.63, 3.8) is 0 Å². The van der Waals surface area contributed by atoms with Gasteiger partial charge in [0.1, 0.15) is 6.61 Å². The molecular formula is C12H16N2O2. The molecule has 1 aliphatic rings. The van der Waals surface area contributed by atoms with Gasteiger partial charge >= 0.3 is 6.09 Å². The van der Waals surface area contributed by atoms with E-state index in [2.05, 4.69) is 10.6 Å². The molecule has 1 aromatic rings. The molecule has 1 fully saturated rings. The van der Waals surface area contributed by atoms with Gasteiger partial charge in [0.05, 0.1) is 0 Å². The number of hydrogen-bond acceptors (Lipinski definition) is 3. The molecule has 4 nitrogen and oxygen atoms in total. The maximum atomic E-state index is 11.3. The molecule has 0 aromatic heterocycles. The van der Waals surface area contributed by atoms with Crippen LogP contribution in [0.5, 0.6) is 0 Å². The number of amides is 1. The summed E-state index contributed by atoms with van der Waals surface area (Å²) in [5.41, 5.74) is 0.999. The molecule has 0 spiro atoms. The number of benzene rings is 1. The van der Waals surface area contributed by atoms with Crippen molar-refractivity contribution in [1.29, 1.82) is 0 Å². The summed E-state index contributed by atoms with van der Waals surface area (Å²) >= 11 is 0. The third-order valence-corrected chi connectivity index (χ3v) is 2.63. The van der Waals surface area contributed by atoms with Crippen LogP contribution in [0.3, 0.4) is 0 Å². The highest BCUT2D eigenvalue weighted by Gasteiger charge is 2.16. The molecule has 0 bridgehead atoms. The molecule has 1 aromatic carbocycles. The largest absolute Gasteiger partial charge is 0.445 e. The van der Waals surface area contributed by atoms with E-state index >= 15 is 0 Å². The Bertz CT molecular complexity index is 336. The summed E-state index contributed by atoms with van der Waals surface area (Å²) in [7, 11) is 0. The highest BCUT2D eigenvalue weighted by molar-refractivity contribution is 5.67. The second kappa shape index (κ2) is 5.51. The van der Waals surface area contributed by atoms with E-state index < -0.39 is 0 Å². The fourth-order valence-corrected chi connectivity index (χ4v) is 1.50. The predicted molar refractivity (Wildman–Crippen MR) is 61.0 cm³/mol. The molecule has 0 radical (unpaired) electrons. The van der Waals surface area contributed by atoms with Gasteiger partial charge in [-0.05, 0) is 18.5 Å². The second-order valence-electron chi connectivity index (χ2n) is 3.88. The fraction of sp³-hybridized carbons (Fsp3) is 0.417. The summed E-state index contributed by atoms with van der Waals surface area (Å²) in [6.45, 7) is 2.02. The van der Waals surface area contributed by atoms with Crippen LogP contribution in [0.2, 0.25) is 0 Å². The zero-order valence-electron chi connectivity index (χ0n) is 9.11. The predicted octanol–water partition coefficient (Wildman–Crippen LogP) is 1.27. The van der Waals surface area contributed by atoms with Crippen LogP contribution in [0, 0.1) is 0 Å². The quantitative estimate of drug-likeness (QED) is 0.803. The summed E-state index contributed by atoms with van der Waals surface area (Å²) in [5, 5.41) is 5.94. The normalized spacial score (nSPS) is 18.6. The first kappa shape index (κ1) is 11.0. The third-order valence-electron chi connectivity index (χ3n) is 2.63. The molecule has 1 unspecified atom stereocenters. The van der Waals surface area contributed by atoms with Gasteiger partial charge in [0.2, 0.25) is 0 Å². The number of rotatable bonds is 4. The van der Waals surface area contributed by atoms with E-state index in [0.29, 0.717) is 19.2 Å². The Morgan fingerprint density at radius 2 is 2.19 bits per heavy atom. The van der Waals surface area contributed by atoms with E-state index in [4.69, 9.17) is 4.74 Å². The molecule has 1 amide bonds. The maximum absolute atomic E-state index is 11.3. The first-order valence-electron chi connectivity index (χ1n) is 5.52. The average molecular weight is 220 g/mol. The van der Waals surface area contributed by atoms with Crippen LogP contribution in [0.25, 0.3) is 0 Å². The van der Waals surface area contributed by atoms with Crippen LogP contribution in [0.4, 0.5) is 4.79 Å². The van der Waals surface area contributed by atoms with Crippen LogP contribution in [-0.4, -0.2) is 25.2 Å². The summed E-state index contributed by atoms with van der Waals surface area (Å²) in [6.07, 6.45) is 0.774. The monoisotopic (exact) mass is 220 g/mol. The molecule has 2 N–H and O–H groups in total. The average Bonchev–Trinajstić information content (AvgIpc) is 2.26. The molecular weight excluding hydrogens is 204 g/mol. The molecule has 1 heterocycles. The van der Waals surface area contributed by atoms with Gasteiger partial charge in [0.15, 0.2) is 0 Å². The van der Waals surface area contributed by atoms with Crippen molar-refractivity contribution < 1.29 is 9.53 Å². The van der Waals surface area contributed by atoms with Crippen molar-refractivity contribution in [3.8, 4) is 0 Å². The molecule has 1 aliphatic heterocycles. The Labute approximate surface area is 95.0 Å². The number of hydrogen-bond donors (Lipinski definition) is 2. The van der Waals surface area contributed by atoms with E-state index in [1.165, 1.54) is 0 Å². The fourth-order valence-electron chi connectivity index (χ4n) is 1.50. The van der Waals surface area contributed by atoms with Crippen molar-refractivity contribution in [2.24, 2.45) is 0 Å². The van der Waals surface area contributed by atoms with Gasteiger partial charge in [-0.3, -0.25) is 0 Å². The number of ether oxygens (including phenoxy) is 1. The molecule has 1 atom stereocenters. The van der Waals surface area contributed by atoms with Crippen LogP contribution < -0.4 is 10.6 Å². The van der Waals surface area contributed by atoms with Gasteiger partial charge in [-0.2, -0.15) is 0 Å². The molecule has 86 valence electrons. The van der Waals surface area contributed by atoms with Crippen molar-refractivity contribution >= 4 is 6.09 Å². The van der Waals surface area contributed by atoms with E-state index in [-0.39, 0.29) is 6.09 Å². The van der Waals surface area contributed by atoms with Gasteiger partial charge in [0.25, 0.3) is 0 Å². The lowest BCUT2D eigenvalue weighted by Gasteiger charge is -2.27. The number of alkyl carbamates (subject to hydrolysis) is 1. The van der Waals surface area contributed by atoms with Crippen LogP contribution in [0.15, 0.2) is 30.3 Å². The minimum Gasteiger partial charge on any atom is -0.445 e. The van der Waals surface area contributed by atoms with E-state index in [1.54, 1.807) is 0 Å². The maximum Gasteiger partial charge on any atom is 0.407 e. The van der Waals surface area contributed by atoms with Gasteiger partial charge < -0.3 is 15.4 Å². The standard InChI is InChI=1S/C12H16N2O2/c15-12(14-8-11-6-7-13-11)16-9-10-4-2-1-3-5-10/h1-5,11,13H,6-9H2,(H,14,15). The Kier molecular flexibility index (Phi) is 3.77. The lowest BCUT2D eigenvalue weighted by molar-refractivity contribution is 0.137. The molecule has 0 aliphatic carbocycles. The van der Waals surface area contributed by atoms with Crippen LogP contribution >= 0.6 is 0 Å². The van der Waals surface area contributed by atoms with Crippen molar-refractivity contribution in [3.05, 3.63) is 35.9 Å². The summed E-state index contributed by atoms with van der Waals surface area (Å²) in [5.74, 6) is 0. The first-order valence-corrected chi connectivity index (χ1v) is 5.52.